The lowest BCUT2D eigenvalue weighted by Gasteiger charge is -2.09. The van der Waals surface area contributed by atoms with Crippen LogP contribution in [0.25, 0.3) is 21.8 Å². The summed E-state index contributed by atoms with van der Waals surface area (Å²) >= 11 is 6.08. The van der Waals surface area contributed by atoms with Crippen molar-refractivity contribution in [2.75, 3.05) is 13.2 Å². The highest BCUT2D eigenvalue weighted by Crippen LogP contribution is 2.31. The van der Waals surface area contributed by atoms with Crippen molar-refractivity contribution < 1.29 is 19.4 Å². The second-order valence-electron chi connectivity index (χ2n) is 7.36. The van der Waals surface area contributed by atoms with Gasteiger partial charge < -0.3 is 19.1 Å². The molecule has 160 valence electrons. The number of benzene rings is 3. The van der Waals surface area contributed by atoms with Gasteiger partial charge >= 0.3 is 5.97 Å². The van der Waals surface area contributed by atoms with Crippen molar-refractivity contribution in [3.63, 3.8) is 0 Å². The van der Waals surface area contributed by atoms with Gasteiger partial charge in [-0.05, 0) is 49.6 Å². The largest absolute Gasteiger partial charge is 0.494 e. The number of aromatic nitrogens is 1. The summed E-state index contributed by atoms with van der Waals surface area (Å²) < 4.78 is 13.5. The molecular weight excluding hydrogens is 414 g/mol. The van der Waals surface area contributed by atoms with Gasteiger partial charge in [0, 0.05) is 22.4 Å². The van der Waals surface area contributed by atoms with Crippen molar-refractivity contribution in [3.8, 4) is 11.5 Å². The van der Waals surface area contributed by atoms with Gasteiger partial charge in [0.25, 0.3) is 0 Å². The maximum Gasteiger partial charge on any atom is 0.323 e. The van der Waals surface area contributed by atoms with Gasteiger partial charge in [-0.2, -0.15) is 0 Å². The number of nitrogens with zero attached hydrogens (tertiary/aromatic N) is 1. The number of ether oxygens (including phenoxy) is 2. The number of hydrogen-bond acceptors (Lipinski definition) is 3. The van der Waals surface area contributed by atoms with Crippen LogP contribution in [0.5, 0.6) is 11.5 Å². The van der Waals surface area contributed by atoms with Crippen molar-refractivity contribution >= 4 is 39.4 Å². The standard InChI is InChI=1S/C25H24ClNO4/c26-21-9-3-5-11-24(21)31-15-7-1-6-14-30-18-12-13-20-19-8-2-4-10-22(19)27(17-25(28)29)23(20)16-18/h2-5,8-13,16H,1,6-7,14-15,17H2,(H,28,29). The van der Waals surface area contributed by atoms with Crippen LogP contribution >= 0.6 is 11.6 Å². The van der Waals surface area contributed by atoms with E-state index in [0.717, 1.165) is 46.8 Å². The number of fused-ring (bicyclic) bond motifs is 3. The summed E-state index contributed by atoms with van der Waals surface area (Å²) in [4.78, 5) is 11.4. The van der Waals surface area contributed by atoms with Gasteiger partial charge in [-0.25, -0.2) is 0 Å². The Labute approximate surface area is 185 Å². The highest BCUT2D eigenvalue weighted by molar-refractivity contribution is 6.32. The van der Waals surface area contributed by atoms with Crippen LogP contribution in [0.15, 0.2) is 66.7 Å². The molecule has 0 unspecified atom stereocenters. The highest BCUT2D eigenvalue weighted by Gasteiger charge is 2.13. The third-order valence-electron chi connectivity index (χ3n) is 5.19. The lowest BCUT2D eigenvalue weighted by Crippen LogP contribution is -2.08. The van der Waals surface area contributed by atoms with Gasteiger partial charge in [-0.15, -0.1) is 0 Å². The molecule has 0 fully saturated rings. The molecule has 4 rings (SSSR count). The third kappa shape index (κ3) is 4.94. The molecule has 6 heteroatoms. The SMILES string of the molecule is O=C(O)Cn1c2ccccc2c2ccc(OCCCCCOc3ccccc3Cl)cc21. The molecule has 0 aliphatic rings. The molecule has 0 atom stereocenters. The van der Waals surface area contributed by atoms with Crippen LogP contribution < -0.4 is 9.47 Å². The van der Waals surface area contributed by atoms with Crippen LogP contribution in [-0.2, 0) is 11.3 Å². The molecule has 1 aromatic heterocycles. The monoisotopic (exact) mass is 437 g/mol. The fourth-order valence-electron chi connectivity index (χ4n) is 3.74. The fraction of sp³-hybridized carbons (Fsp3) is 0.240. The van der Waals surface area contributed by atoms with Gasteiger partial charge in [-0.1, -0.05) is 41.9 Å². The minimum atomic E-state index is -0.868. The Morgan fingerprint density at radius 1 is 0.839 bits per heavy atom. The van der Waals surface area contributed by atoms with Crippen LogP contribution in [0.4, 0.5) is 0 Å². The number of para-hydroxylation sites is 2. The van der Waals surface area contributed by atoms with Crippen molar-refractivity contribution in [3.05, 3.63) is 71.8 Å². The lowest BCUT2D eigenvalue weighted by atomic mass is 10.1. The molecule has 0 spiro atoms. The predicted octanol–water partition coefficient (Wildman–Crippen LogP) is 6.16. The molecule has 0 amide bonds. The number of rotatable bonds is 10. The molecule has 5 nitrogen and oxygen atoms in total. The van der Waals surface area contributed by atoms with Crippen LogP contribution in [0.3, 0.4) is 0 Å². The van der Waals surface area contributed by atoms with E-state index in [9.17, 15) is 9.90 Å². The molecule has 3 aromatic carbocycles. The van der Waals surface area contributed by atoms with Crippen molar-refractivity contribution in [1.82, 2.24) is 4.57 Å². The van der Waals surface area contributed by atoms with Crippen LogP contribution in [0, 0.1) is 0 Å². The summed E-state index contributed by atoms with van der Waals surface area (Å²) in [5.41, 5.74) is 1.78. The van der Waals surface area contributed by atoms with E-state index in [1.807, 2.05) is 71.3 Å². The zero-order chi connectivity index (χ0) is 21.6. The predicted molar refractivity (Wildman–Crippen MR) is 123 cm³/mol. The van der Waals surface area contributed by atoms with Crippen molar-refractivity contribution in [1.29, 1.82) is 0 Å². The second-order valence-corrected chi connectivity index (χ2v) is 7.77. The number of halogens is 1. The topological polar surface area (TPSA) is 60.7 Å². The molecule has 1 heterocycles. The first kappa shape index (κ1) is 21.1. The zero-order valence-corrected chi connectivity index (χ0v) is 17.8. The van der Waals surface area contributed by atoms with Gasteiger partial charge in [0.1, 0.15) is 18.0 Å². The Kier molecular flexibility index (Phi) is 6.63. The average Bonchev–Trinajstić information content (AvgIpc) is 3.07. The van der Waals surface area contributed by atoms with Gasteiger partial charge in [0.2, 0.25) is 0 Å². The fourth-order valence-corrected chi connectivity index (χ4v) is 3.93. The second kappa shape index (κ2) is 9.75. The number of carboxylic acid groups (broad SMARTS) is 1. The normalized spacial score (nSPS) is 11.1. The summed E-state index contributed by atoms with van der Waals surface area (Å²) in [6.45, 7) is 1.13. The lowest BCUT2D eigenvalue weighted by molar-refractivity contribution is -0.137. The van der Waals surface area contributed by atoms with E-state index in [0.29, 0.717) is 24.0 Å². The molecule has 0 saturated heterocycles. The Balaban J connectivity index is 1.33. The van der Waals surface area contributed by atoms with E-state index in [2.05, 4.69) is 0 Å². The third-order valence-corrected chi connectivity index (χ3v) is 5.50. The molecule has 31 heavy (non-hydrogen) atoms. The Morgan fingerprint density at radius 3 is 2.35 bits per heavy atom. The van der Waals surface area contributed by atoms with E-state index in [-0.39, 0.29) is 6.54 Å². The van der Waals surface area contributed by atoms with Gasteiger partial charge in [0.05, 0.1) is 23.8 Å². The van der Waals surface area contributed by atoms with E-state index in [1.165, 1.54) is 0 Å². The first-order chi connectivity index (χ1) is 15.1. The number of carboxylic acids is 1. The summed E-state index contributed by atoms with van der Waals surface area (Å²) in [6, 6.07) is 21.2. The number of aliphatic carboxylic acids is 1. The maximum atomic E-state index is 11.4. The summed E-state index contributed by atoms with van der Waals surface area (Å²) in [6.07, 6.45) is 2.80. The first-order valence-corrected chi connectivity index (χ1v) is 10.7. The smallest absolute Gasteiger partial charge is 0.323 e. The highest BCUT2D eigenvalue weighted by atomic mass is 35.5. The Hall–Kier alpha value is -3.18. The minimum absolute atomic E-state index is 0.0844. The first-order valence-electron chi connectivity index (χ1n) is 10.4. The minimum Gasteiger partial charge on any atom is -0.494 e. The molecule has 0 radical (unpaired) electrons. The number of unbranched alkanes of at least 4 members (excludes halogenated alkanes) is 2. The molecule has 4 aromatic rings. The van der Waals surface area contributed by atoms with Crippen LogP contribution in [-0.4, -0.2) is 28.9 Å². The van der Waals surface area contributed by atoms with E-state index < -0.39 is 5.97 Å². The number of carbonyl (C=O) groups is 1. The summed E-state index contributed by atoms with van der Waals surface area (Å²) in [5, 5.41) is 12.0. The Morgan fingerprint density at radius 2 is 1.55 bits per heavy atom. The molecule has 0 bridgehead atoms. The van der Waals surface area contributed by atoms with E-state index in [4.69, 9.17) is 21.1 Å². The average molecular weight is 438 g/mol. The zero-order valence-electron chi connectivity index (χ0n) is 17.1. The summed E-state index contributed by atoms with van der Waals surface area (Å²) in [7, 11) is 0. The van der Waals surface area contributed by atoms with Gasteiger partial charge in [0.15, 0.2) is 0 Å². The molecule has 0 aliphatic heterocycles. The van der Waals surface area contributed by atoms with Crippen molar-refractivity contribution in [2.45, 2.75) is 25.8 Å². The van der Waals surface area contributed by atoms with E-state index in [1.54, 1.807) is 0 Å². The Bertz CT molecular complexity index is 1200. The molecular formula is C25H24ClNO4. The van der Waals surface area contributed by atoms with Crippen LogP contribution in [0.1, 0.15) is 19.3 Å². The molecule has 1 N–H and O–H groups in total. The number of hydrogen-bond donors (Lipinski definition) is 1. The quantitative estimate of drug-likeness (QED) is 0.302. The van der Waals surface area contributed by atoms with Gasteiger partial charge in [-0.3, -0.25) is 4.79 Å². The van der Waals surface area contributed by atoms with Crippen molar-refractivity contribution in [2.24, 2.45) is 0 Å². The van der Waals surface area contributed by atoms with E-state index >= 15 is 0 Å². The molecule has 0 saturated carbocycles. The van der Waals surface area contributed by atoms with Crippen LogP contribution in [0.2, 0.25) is 5.02 Å². The maximum absolute atomic E-state index is 11.4. The summed E-state index contributed by atoms with van der Waals surface area (Å²) in [5.74, 6) is 0.590. The molecule has 0 aliphatic carbocycles.